The first-order valence-electron chi connectivity index (χ1n) is 5.56. The predicted molar refractivity (Wildman–Crippen MR) is 71.7 cm³/mol. The second-order valence-corrected chi connectivity index (χ2v) is 6.84. The van der Waals surface area contributed by atoms with Gasteiger partial charge in [-0.15, -0.1) is 15.2 Å². The minimum Gasteiger partial charge on any atom is -0.356 e. The SMILES string of the molecule is CC(C)(NC(=O)c1cc(S(=O)(=O)F)c[nH]1)c1nccs1. The van der Waals surface area contributed by atoms with Crippen LogP contribution in [-0.4, -0.2) is 24.3 Å². The van der Waals surface area contributed by atoms with Crippen LogP contribution in [0.15, 0.2) is 28.7 Å². The number of hydrogen-bond acceptors (Lipinski definition) is 5. The smallest absolute Gasteiger partial charge is 0.333 e. The summed E-state index contributed by atoms with van der Waals surface area (Å²) < 4.78 is 34.2. The molecule has 0 aromatic carbocycles. The number of carbonyl (C=O) groups is 1. The van der Waals surface area contributed by atoms with Crippen molar-refractivity contribution in [2.45, 2.75) is 24.3 Å². The van der Waals surface area contributed by atoms with Gasteiger partial charge in [-0.25, -0.2) is 4.98 Å². The van der Waals surface area contributed by atoms with Crippen LogP contribution < -0.4 is 5.32 Å². The average molecular weight is 317 g/mol. The lowest BCUT2D eigenvalue weighted by Crippen LogP contribution is -2.41. The molecule has 0 saturated carbocycles. The van der Waals surface area contributed by atoms with E-state index in [4.69, 9.17) is 0 Å². The largest absolute Gasteiger partial charge is 0.356 e. The minimum atomic E-state index is -4.82. The van der Waals surface area contributed by atoms with E-state index in [-0.39, 0.29) is 5.69 Å². The summed E-state index contributed by atoms with van der Waals surface area (Å²) in [5.41, 5.74) is -0.753. The van der Waals surface area contributed by atoms with Gasteiger partial charge in [-0.2, -0.15) is 8.42 Å². The minimum absolute atomic E-state index is 0.0362. The number of rotatable bonds is 4. The second kappa shape index (κ2) is 4.98. The normalized spacial score (nSPS) is 12.3. The molecule has 2 N–H and O–H groups in total. The van der Waals surface area contributed by atoms with Crippen LogP contribution in [0.4, 0.5) is 3.89 Å². The highest BCUT2D eigenvalue weighted by Gasteiger charge is 2.27. The maximum atomic E-state index is 12.8. The first-order chi connectivity index (χ1) is 9.20. The number of halogens is 1. The molecule has 0 aliphatic carbocycles. The number of nitrogens with zero attached hydrogens (tertiary/aromatic N) is 1. The molecule has 0 aliphatic rings. The van der Waals surface area contributed by atoms with E-state index >= 15 is 0 Å². The zero-order chi connectivity index (χ0) is 15.0. The van der Waals surface area contributed by atoms with Gasteiger partial charge in [-0.3, -0.25) is 4.79 Å². The zero-order valence-electron chi connectivity index (χ0n) is 10.7. The lowest BCUT2D eigenvalue weighted by atomic mass is 10.1. The Morgan fingerprint density at radius 3 is 2.70 bits per heavy atom. The summed E-state index contributed by atoms with van der Waals surface area (Å²) in [4.78, 5) is 18.0. The van der Waals surface area contributed by atoms with Crippen LogP contribution in [-0.2, 0) is 15.8 Å². The van der Waals surface area contributed by atoms with Crippen LogP contribution in [0.5, 0.6) is 0 Å². The van der Waals surface area contributed by atoms with E-state index in [0.717, 1.165) is 12.3 Å². The topological polar surface area (TPSA) is 91.9 Å². The van der Waals surface area contributed by atoms with Gasteiger partial charge in [0.15, 0.2) is 0 Å². The van der Waals surface area contributed by atoms with Gasteiger partial charge in [-0.1, -0.05) is 0 Å². The Balaban J connectivity index is 2.19. The highest BCUT2D eigenvalue weighted by Crippen LogP contribution is 2.22. The van der Waals surface area contributed by atoms with Crippen molar-refractivity contribution in [3.8, 4) is 0 Å². The molecular formula is C11H12FN3O3S2. The van der Waals surface area contributed by atoms with E-state index in [1.54, 1.807) is 25.4 Å². The van der Waals surface area contributed by atoms with E-state index in [9.17, 15) is 17.1 Å². The Hall–Kier alpha value is -1.74. The van der Waals surface area contributed by atoms with E-state index < -0.39 is 26.6 Å². The summed E-state index contributed by atoms with van der Waals surface area (Å²) in [6.45, 7) is 3.53. The van der Waals surface area contributed by atoms with Gasteiger partial charge in [-0.05, 0) is 19.9 Å². The first kappa shape index (κ1) is 14.7. The maximum Gasteiger partial charge on any atom is 0.333 e. The summed E-state index contributed by atoms with van der Waals surface area (Å²) in [7, 11) is -4.82. The van der Waals surface area contributed by atoms with Crippen molar-refractivity contribution in [1.29, 1.82) is 0 Å². The molecule has 0 spiro atoms. The molecule has 9 heteroatoms. The lowest BCUT2D eigenvalue weighted by Gasteiger charge is -2.23. The summed E-state index contributed by atoms with van der Waals surface area (Å²) in [6, 6.07) is 0.947. The molecule has 2 aromatic heterocycles. The molecule has 0 bridgehead atoms. The zero-order valence-corrected chi connectivity index (χ0v) is 12.3. The molecule has 6 nitrogen and oxygen atoms in total. The van der Waals surface area contributed by atoms with Crippen LogP contribution >= 0.6 is 11.3 Å². The summed E-state index contributed by atoms with van der Waals surface area (Å²) in [5, 5.41) is 5.19. The molecule has 2 heterocycles. The molecular weight excluding hydrogens is 305 g/mol. The van der Waals surface area contributed by atoms with Crippen molar-refractivity contribution in [3.63, 3.8) is 0 Å². The highest BCUT2D eigenvalue weighted by molar-refractivity contribution is 7.86. The fourth-order valence-electron chi connectivity index (χ4n) is 1.58. The molecule has 0 atom stereocenters. The van der Waals surface area contributed by atoms with Crippen molar-refractivity contribution in [3.05, 3.63) is 34.5 Å². The third kappa shape index (κ3) is 3.05. The van der Waals surface area contributed by atoms with Crippen LogP contribution in [0.3, 0.4) is 0 Å². The summed E-state index contributed by atoms with van der Waals surface area (Å²) in [6.07, 6.45) is 2.55. The van der Waals surface area contributed by atoms with Gasteiger partial charge in [0.1, 0.15) is 15.6 Å². The van der Waals surface area contributed by atoms with Gasteiger partial charge in [0.2, 0.25) is 0 Å². The lowest BCUT2D eigenvalue weighted by molar-refractivity contribution is 0.0907. The fraction of sp³-hybridized carbons (Fsp3) is 0.273. The number of hydrogen-bond donors (Lipinski definition) is 2. The molecule has 0 fully saturated rings. The third-order valence-electron chi connectivity index (χ3n) is 2.58. The molecule has 108 valence electrons. The van der Waals surface area contributed by atoms with Crippen LogP contribution in [0.1, 0.15) is 29.3 Å². The van der Waals surface area contributed by atoms with Crippen LogP contribution in [0.25, 0.3) is 0 Å². The van der Waals surface area contributed by atoms with Gasteiger partial charge >= 0.3 is 10.2 Å². The Kier molecular flexibility index (Phi) is 3.65. The van der Waals surface area contributed by atoms with Gasteiger partial charge < -0.3 is 10.3 Å². The van der Waals surface area contributed by atoms with Crippen LogP contribution in [0, 0.1) is 0 Å². The molecule has 1 amide bonds. The molecule has 0 radical (unpaired) electrons. The Morgan fingerprint density at radius 1 is 1.50 bits per heavy atom. The Morgan fingerprint density at radius 2 is 2.20 bits per heavy atom. The highest BCUT2D eigenvalue weighted by atomic mass is 32.3. The van der Waals surface area contributed by atoms with Crippen LogP contribution in [0.2, 0.25) is 0 Å². The molecule has 20 heavy (non-hydrogen) atoms. The van der Waals surface area contributed by atoms with E-state index in [0.29, 0.717) is 5.01 Å². The van der Waals surface area contributed by atoms with Gasteiger partial charge in [0.05, 0.1) is 5.54 Å². The number of H-pyrrole nitrogens is 1. The molecule has 2 aromatic rings. The van der Waals surface area contributed by atoms with Crippen molar-refractivity contribution >= 4 is 27.5 Å². The van der Waals surface area contributed by atoms with Crippen molar-refractivity contribution in [2.24, 2.45) is 0 Å². The number of thiazole rings is 1. The van der Waals surface area contributed by atoms with E-state index in [1.165, 1.54) is 11.3 Å². The van der Waals surface area contributed by atoms with Crippen molar-refractivity contribution in [1.82, 2.24) is 15.3 Å². The van der Waals surface area contributed by atoms with E-state index in [1.807, 2.05) is 0 Å². The third-order valence-corrected chi connectivity index (χ3v) is 4.47. The standard InChI is InChI=1S/C11H12FN3O3S2/c1-11(2,10-13-3-4-19-10)15-9(16)8-5-7(6-14-8)20(12,17)18/h3-6,14H,1-2H3,(H,15,16). The molecule has 0 saturated heterocycles. The molecule has 0 aliphatic heterocycles. The quantitative estimate of drug-likeness (QED) is 0.841. The first-order valence-corrected chi connectivity index (χ1v) is 7.82. The number of nitrogens with one attached hydrogen (secondary N) is 2. The fourth-order valence-corrected chi connectivity index (χ4v) is 2.76. The predicted octanol–water partition coefficient (Wildman–Crippen LogP) is 1.79. The number of amides is 1. The monoisotopic (exact) mass is 317 g/mol. The number of carbonyl (C=O) groups excluding carboxylic acids is 1. The maximum absolute atomic E-state index is 12.8. The molecule has 0 unspecified atom stereocenters. The van der Waals surface area contributed by atoms with Crippen molar-refractivity contribution < 1.29 is 17.1 Å². The average Bonchev–Trinajstić information content (AvgIpc) is 3.00. The second-order valence-electron chi connectivity index (χ2n) is 4.60. The Bertz CT molecular complexity index is 720. The van der Waals surface area contributed by atoms with Gasteiger partial charge in [0, 0.05) is 17.8 Å². The van der Waals surface area contributed by atoms with E-state index in [2.05, 4.69) is 15.3 Å². The number of aromatic amines is 1. The summed E-state index contributed by atoms with van der Waals surface area (Å²) >= 11 is 1.38. The molecule has 2 rings (SSSR count). The Labute approximate surface area is 119 Å². The summed E-state index contributed by atoms with van der Waals surface area (Å²) in [5.74, 6) is -0.542. The van der Waals surface area contributed by atoms with Gasteiger partial charge in [0.25, 0.3) is 5.91 Å². The number of aromatic nitrogens is 2. The van der Waals surface area contributed by atoms with Crippen molar-refractivity contribution in [2.75, 3.05) is 0 Å².